The lowest BCUT2D eigenvalue weighted by Gasteiger charge is -2.09. The quantitative estimate of drug-likeness (QED) is 0.378. The first-order valence-corrected chi connectivity index (χ1v) is 9.22. The van der Waals surface area contributed by atoms with E-state index in [-0.39, 0.29) is 0 Å². The van der Waals surface area contributed by atoms with Gasteiger partial charge in [0.2, 0.25) is 0 Å². The van der Waals surface area contributed by atoms with Crippen molar-refractivity contribution in [2.45, 2.75) is 6.92 Å². The van der Waals surface area contributed by atoms with Gasteiger partial charge in [0.15, 0.2) is 0 Å². The van der Waals surface area contributed by atoms with Crippen LogP contribution >= 0.6 is 0 Å². The van der Waals surface area contributed by atoms with Crippen LogP contribution in [-0.2, 0) is 0 Å². The Morgan fingerprint density at radius 2 is 1.33 bits per heavy atom. The van der Waals surface area contributed by atoms with E-state index >= 15 is 0 Å². The summed E-state index contributed by atoms with van der Waals surface area (Å²) < 4.78 is 2.33. The van der Waals surface area contributed by atoms with Crippen molar-refractivity contribution in [1.29, 1.82) is 0 Å². The maximum atomic E-state index is 3.54. The van der Waals surface area contributed by atoms with Gasteiger partial charge in [0.25, 0.3) is 0 Å². The summed E-state index contributed by atoms with van der Waals surface area (Å²) in [5, 5.41) is 6.07. The Hall–Kier alpha value is -3.52. The molecule has 0 radical (unpaired) electrons. The average Bonchev–Trinajstić information content (AvgIpc) is 3.03. The number of aromatic nitrogens is 1. The molecule has 1 N–H and O–H groups in total. The highest BCUT2D eigenvalue weighted by molar-refractivity contribution is 6.10. The van der Waals surface area contributed by atoms with Crippen molar-refractivity contribution < 1.29 is 0 Å². The zero-order valence-electron chi connectivity index (χ0n) is 15.2. The number of anilines is 2. The van der Waals surface area contributed by atoms with E-state index in [0.29, 0.717) is 0 Å². The Morgan fingerprint density at radius 3 is 2.19 bits per heavy atom. The summed E-state index contributed by atoms with van der Waals surface area (Å²) in [7, 11) is 0. The topological polar surface area (TPSA) is 17.0 Å². The Morgan fingerprint density at radius 1 is 0.593 bits per heavy atom. The molecule has 0 bridgehead atoms. The minimum atomic E-state index is 1.10. The molecule has 0 aliphatic carbocycles. The van der Waals surface area contributed by atoms with Gasteiger partial charge >= 0.3 is 0 Å². The minimum Gasteiger partial charge on any atom is -0.355 e. The van der Waals surface area contributed by atoms with E-state index < -0.39 is 0 Å². The third kappa shape index (κ3) is 2.76. The maximum absolute atomic E-state index is 3.54. The largest absolute Gasteiger partial charge is 0.355 e. The molecule has 5 aromatic rings. The highest BCUT2D eigenvalue weighted by atomic mass is 15.0. The van der Waals surface area contributed by atoms with Crippen LogP contribution in [0.5, 0.6) is 0 Å². The second kappa shape index (κ2) is 6.33. The Balaban J connectivity index is 1.71. The summed E-state index contributed by atoms with van der Waals surface area (Å²) in [4.78, 5) is 0. The Bertz CT molecular complexity index is 1250. The number of para-hydroxylation sites is 2. The van der Waals surface area contributed by atoms with Crippen LogP contribution in [0.3, 0.4) is 0 Å². The molecule has 0 aliphatic heterocycles. The molecule has 1 aromatic heterocycles. The molecule has 5 rings (SSSR count). The summed E-state index contributed by atoms with van der Waals surface area (Å²) in [6, 6.07) is 34.2. The van der Waals surface area contributed by atoms with E-state index in [1.807, 2.05) is 0 Å². The van der Waals surface area contributed by atoms with Crippen LogP contribution in [0.4, 0.5) is 11.4 Å². The van der Waals surface area contributed by atoms with Crippen LogP contribution in [0.25, 0.3) is 27.5 Å². The first kappa shape index (κ1) is 15.7. The monoisotopic (exact) mass is 348 g/mol. The van der Waals surface area contributed by atoms with Crippen molar-refractivity contribution in [1.82, 2.24) is 4.57 Å². The number of fused-ring (bicyclic) bond motifs is 3. The Kier molecular flexibility index (Phi) is 3.68. The number of nitrogens with one attached hydrogen (secondary N) is 1. The van der Waals surface area contributed by atoms with Crippen LogP contribution in [-0.4, -0.2) is 4.57 Å². The lowest BCUT2D eigenvalue weighted by atomic mass is 10.1. The molecule has 4 aromatic carbocycles. The predicted octanol–water partition coefficient (Wildman–Crippen LogP) is 6.84. The van der Waals surface area contributed by atoms with Crippen molar-refractivity contribution >= 4 is 33.2 Å². The van der Waals surface area contributed by atoms with Gasteiger partial charge in [-0.1, -0.05) is 48.5 Å². The summed E-state index contributed by atoms with van der Waals surface area (Å²) in [5.41, 5.74) is 7.10. The standard InChI is InChI=1S/C25H20N2/c1-18-8-7-9-19(16-18)26-20-14-15-25-23(17-20)22-12-5-6-13-24(22)27(25)21-10-3-2-4-11-21/h2-17,26H,1H3. The smallest absolute Gasteiger partial charge is 0.0542 e. The predicted molar refractivity (Wildman–Crippen MR) is 115 cm³/mol. The molecule has 1 heterocycles. The molecule has 0 atom stereocenters. The van der Waals surface area contributed by atoms with E-state index in [0.717, 1.165) is 11.4 Å². The summed E-state index contributed by atoms with van der Waals surface area (Å²) >= 11 is 0. The SMILES string of the molecule is Cc1cccc(Nc2ccc3c(c2)c2ccccc2n3-c2ccccc2)c1. The molecule has 0 saturated carbocycles. The first-order valence-electron chi connectivity index (χ1n) is 9.22. The van der Waals surface area contributed by atoms with Crippen molar-refractivity contribution in [2.24, 2.45) is 0 Å². The third-order valence-electron chi connectivity index (χ3n) is 4.99. The number of rotatable bonds is 3. The van der Waals surface area contributed by atoms with Crippen molar-refractivity contribution in [2.75, 3.05) is 5.32 Å². The highest BCUT2D eigenvalue weighted by Crippen LogP contribution is 2.34. The van der Waals surface area contributed by atoms with Crippen molar-refractivity contribution in [3.8, 4) is 5.69 Å². The molecule has 2 heteroatoms. The van der Waals surface area contributed by atoms with Gasteiger partial charge in [-0.15, -0.1) is 0 Å². The van der Waals surface area contributed by atoms with Crippen LogP contribution in [0.2, 0.25) is 0 Å². The molecule has 0 aliphatic rings. The van der Waals surface area contributed by atoms with Crippen LogP contribution in [0.15, 0.2) is 97.1 Å². The molecule has 2 nitrogen and oxygen atoms in total. The van der Waals surface area contributed by atoms with Gasteiger partial charge in [0.1, 0.15) is 0 Å². The van der Waals surface area contributed by atoms with Gasteiger partial charge in [-0.25, -0.2) is 0 Å². The second-order valence-corrected chi connectivity index (χ2v) is 6.91. The fraction of sp³-hybridized carbons (Fsp3) is 0.0400. The van der Waals surface area contributed by atoms with E-state index in [9.17, 15) is 0 Å². The second-order valence-electron chi connectivity index (χ2n) is 6.91. The molecule has 130 valence electrons. The van der Waals surface area contributed by atoms with Gasteiger partial charge in [-0.2, -0.15) is 0 Å². The highest BCUT2D eigenvalue weighted by Gasteiger charge is 2.12. The minimum absolute atomic E-state index is 1.10. The summed E-state index contributed by atoms with van der Waals surface area (Å²) in [6.07, 6.45) is 0. The van der Waals surface area contributed by atoms with Crippen LogP contribution < -0.4 is 5.32 Å². The zero-order valence-corrected chi connectivity index (χ0v) is 15.2. The fourth-order valence-corrected chi connectivity index (χ4v) is 3.80. The molecule has 0 saturated heterocycles. The fourth-order valence-electron chi connectivity index (χ4n) is 3.80. The molecule has 0 amide bonds. The van der Waals surface area contributed by atoms with E-state index in [1.54, 1.807) is 0 Å². The van der Waals surface area contributed by atoms with E-state index in [1.165, 1.54) is 33.1 Å². The number of nitrogens with zero attached hydrogens (tertiary/aromatic N) is 1. The summed E-state index contributed by atoms with van der Waals surface area (Å²) in [6.45, 7) is 2.11. The van der Waals surface area contributed by atoms with Gasteiger partial charge in [-0.05, 0) is 61.0 Å². The molecule has 0 spiro atoms. The molecule has 0 fully saturated rings. The maximum Gasteiger partial charge on any atom is 0.0542 e. The number of benzene rings is 4. The van der Waals surface area contributed by atoms with E-state index in [4.69, 9.17) is 0 Å². The molecular formula is C25H20N2. The Labute approximate surface area is 158 Å². The lowest BCUT2D eigenvalue weighted by molar-refractivity contribution is 1.18. The van der Waals surface area contributed by atoms with Gasteiger partial charge in [0, 0.05) is 27.8 Å². The summed E-state index contributed by atoms with van der Waals surface area (Å²) in [5.74, 6) is 0. The lowest BCUT2D eigenvalue weighted by Crippen LogP contribution is -1.93. The normalized spacial score (nSPS) is 11.1. The van der Waals surface area contributed by atoms with Crippen molar-refractivity contribution in [3.05, 3.63) is 103 Å². The molecule has 0 unspecified atom stereocenters. The van der Waals surface area contributed by atoms with Gasteiger partial charge in [0.05, 0.1) is 11.0 Å². The zero-order chi connectivity index (χ0) is 18.2. The first-order chi connectivity index (χ1) is 13.3. The number of hydrogen-bond acceptors (Lipinski definition) is 1. The number of hydrogen-bond donors (Lipinski definition) is 1. The third-order valence-corrected chi connectivity index (χ3v) is 4.99. The van der Waals surface area contributed by atoms with Gasteiger partial charge < -0.3 is 9.88 Å². The molecular weight excluding hydrogens is 328 g/mol. The van der Waals surface area contributed by atoms with Gasteiger partial charge in [-0.3, -0.25) is 0 Å². The van der Waals surface area contributed by atoms with Crippen molar-refractivity contribution in [3.63, 3.8) is 0 Å². The molecule has 27 heavy (non-hydrogen) atoms. The number of aryl methyl sites for hydroxylation is 1. The van der Waals surface area contributed by atoms with E-state index in [2.05, 4.69) is 114 Å². The average molecular weight is 348 g/mol. The van der Waals surface area contributed by atoms with Crippen LogP contribution in [0, 0.1) is 6.92 Å². The van der Waals surface area contributed by atoms with Crippen LogP contribution in [0.1, 0.15) is 5.56 Å².